The molecule has 0 saturated heterocycles. The van der Waals surface area contributed by atoms with Crippen LogP contribution in [0.25, 0.3) is 0 Å². The Morgan fingerprint density at radius 3 is 2.28 bits per heavy atom. The van der Waals surface area contributed by atoms with Crippen molar-refractivity contribution in [1.29, 1.82) is 0 Å². The average molecular weight is 276 g/mol. The molecule has 0 aromatic carbocycles. The van der Waals surface area contributed by atoms with E-state index < -0.39 is 10.8 Å². The molecule has 0 spiro atoms. The third kappa shape index (κ3) is 8.64. The summed E-state index contributed by atoms with van der Waals surface area (Å²) in [6.45, 7) is 8.02. The van der Waals surface area contributed by atoms with E-state index in [4.69, 9.17) is 0 Å². The van der Waals surface area contributed by atoms with Crippen molar-refractivity contribution in [3.8, 4) is 0 Å². The Kier molecular flexibility index (Phi) is 9.28. The van der Waals surface area contributed by atoms with Crippen LogP contribution in [0.3, 0.4) is 0 Å². The predicted octanol–water partition coefficient (Wildman–Crippen LogP) is 1.43. The lowest BCUT2D eigenvalue weighted by molar-refractivity contribution is -0.123. The molecule has 0 aliphatic heterocycles. The number of carbonyl (C=O) groups excluding carboxylic acids is 1. The zero-order valence-electron chi connectivity index (χ0n) is 12.3. The molecular formula is C13H28N2O2S. The van der Waals surface area contributed by atoms with Crippen LogP contribution in [-0.2, 0) is 15.6 Å². The summed E-state index contributed by atoms with van der Waals surface area (Å²) in [6, 6.07) is 0.228. The number of hydrogen-bond acceptors (Lipinski definition) is 3. The molecule has 0 heterocycles. The zero-order valence-corrected chi connectivity index (χ0v) is 13.1. The maximum atomic E-state index is 11.9. The Hall–Kier alpha value is -0.420. The van der Waals surface area contributed by atoms with Crippen molar-refractivity contribution in [2.45, 2.75) is 65.1 Å². The molecule has 4 unspecified atom stereocenters. The van der Waals surface area contributed by atoms with Gasteiger partial charge in [-0.15, -0.1) is 0 Å². The van der Waals surface area contributed by atoms with Crippen molar-refractivity contribution < 1.29 is 9.00 Å². The molecule has 0 saturated carbocycles. The smallest absolute Gasteiger partial charge is 0.237 e. The third-order valence-electron chi connectivity index (χ3n) is 2.88. The molecule has 0 aromatic heterocycles. The van der Waals surface area contributed by atoms with Gasteiger partial charge >= 0.3 is 0 Å². The quantitative estimate of drug-likeness (QED) is 0.670. The van der Waals surface area contributed by atoms with E-state index in [1.54, 1.807) is 6.26 Å². The SMILES string of the molecule is CCCC(C)NC(=O)C(C)NC(C)CCS(C)=O. The number of rotatable bonds is 9. The largest absolute Gasteiger partial charge is 0.352 e. The monoisotopic (exact) mass is 276 g/mol. The molecule has 108 valence electrons. The van der Waals surface area contributed by atoms with Gasteiger partial charge in [0.1, 0.15) is 0 Å². The minimum atomic E-state index is -0.764. The molecule has 0 aliphatic carbocycles. The van der Waals surface area contributed by atoms with Gasteiger partial charge in [-0.2, -0.15) is 0 Å². The second-order valence-electron chi connectivity index (χ2n) is 5.05. The van der Waals surface area contributed by atoms with Crippen LogP contribution >= 0.6 is 0 Å². The first-order valence-electron chi connectivity index (χ1n) is 6.73. The van der Waals surface area contributed by atoms with Crippen molar-refractivity contribution in [3.63, 3.8) is 0 Å². The Labute approximate surface area is 114 Å². The summed E-state index contributed by atoms with van der Waals surface area (Å²) in [5.74, 6) is 0.717. The van der Waals surface area contributed by atoms with Crippen LogP contribution < -0.4 is 10.6 Å². The van der Waals surface area contributed by atoms with E-state index >= 15 is 0 Å². The van der Waals surface area contributed by atoms with E-state index in [0.29, 0.717) is 5.75 Å². The van der Waals surface area contributed by atoms with Gasteiger partial charge in [0, 0.05) is 34.9 Å². The molecule has 2 N–H and O–H groups in total. The van der Waals surface area contributed by atoms with E-state index in [-0.39, 0.29) is 24.0 Å². The summed E-state index contributed by atoms with van der Waals surface area (Å²) in [5, 5.41) is 6.23. The number of amides is 1. The van der Waals surface area contributed by atoms with Crippen molar-refractivity contribution >= 4 is 16.7 Å². The minimum absolute atomic E-state index is 0.0421. The Balaban J connectivity index is 3.95. The molecule has 0 rings (SSSR count). The highest BCUT2D eigenvalue weighted by atomic mass is 32.2. The molecular weight excluding hydrogens is 248 g/mol. The summed E-state index contributed by atoms with van der Waals surface area (Å²) in [7, 11) is -0.764. The van der Waals surface area contributed by atoms with Gasteiger partial charge in [0.15, 0.2) is 0 Å². The van der Waals surface area contributed by atoms with E-state index in [0.717, 1.165) is 19.3 Å². The van der Waals surface area contributed by atoms with Gasteiger partial charge in [-0.3, -0.25) is 9.00 Å². The Morgan fingerprint density at radius 1 is 1.17 bits per heavy atom. The molecule has 18 heavy (non-hydrogen) atoms. The van der Waals surface area contributed by atoms with Gasteiger partial charge in [-0.1, -0.05) is 13.3 Å². The van der Waals surface area contributed by atoms with Crippen LogP contribution in [0.4, 0.5) is 0 Å². The van der Waals surface area contributed by atoms with Gasteiger partial charge in [0.05, 0.1) is 6.04 Å². The van der Waals surface area contributed by atoms with Crippen LogP contribution in [0.2, 0.25) is 0 Å². The fourth-order valence-corrected chi connectivity index (χ4v) is 2.49. The van der Waals surface area contributed by atoms with Crippen LogP contribution in [0.5, 0.6) is 0 Å². The van der Waals surface area contributed by atoms with Crippen molar-refractivity contribution in [3.05, 3.63) is 0 Å². The second kappa shape index (κ2) is 9.50. The highest BCUT2D eigenvalue weighted by Gasteiger charge is 2.16. The molecule has 0 fully saturated rings. The molecule has 0 bridgehead atoms. The predicted molar refractivity (Wildman–Crippen MR) is 78.1 cm³/mol. The lowest BCUT2D eigenvalue weighted by Gasteiger charge is -2.21. The van der Waals surface area contributed by atoms with E-state index in [9.17, 15) is 9.00 Å². The number of carbonyl (C=O) groups is 1. The first-order chi connectivity index (χ1) is 8.36. The van der Waals surface area contributed by atoms with Crippen molar-refractivity contribution in [2.24, 2.45) is 0 Å². The summed E-state index contributed by atoms with van der Waals surface area (Å²) >= 11 is 0. The lowest BCUT2D eigenvalue weighted by Crippen LogP contribution is -2.48. The first-order valence-corrected chi connectivity index (χ1v) is 8.46. The molecule has 0 aromatic rings. The van der Waals surface area contributed by atoms with Crippen LogP contribution in [-0.4, -0.2) is 40.3 Å². The summed E-state index contributed by atoms with van der Waals surface area (Å²) in [5.41, 5.74) is 0. The van der Waals surface area contributed by atoms with Crippen molar-refractivity contribution in [1.82, 2.24) is 10.6 Å². The topological polar surface area (TPSA) is 58.2 Å². The molecule has 5 heteroatoms. The normalized spacial score (nSPS) is 17.8. The van der Waals surface area contributed by atoms with Crippen molar-refractivity contribution in [2.75, 3.05) is 12.0 Å². The zero-order chi connectivity index (χ0) is 14.1. The Morgan fingerprint density at radius 2 is 1.78 bits per heavy atom. The van der Waals surface area contributed by atoms with Crippen LogP contribution in [0.1, 0.15) is 47.0 Å². The fourth-order valence-electron chi connectivity index (χ4n) is 1.80. The fraction of sp³-hybridized carbons (Fsp3) is 0.923. The maximum Gasteiger partial charge on any atom is 0.237 e. The Bertz CT molecular complexity index is 272. The van der Waals surface area contributed by atoms with E-state index in [1.165, 1.54) is 0 Å². The summed E-state index contributed by atoms with van der Waals surface area (Å²) in [4.78, 5) is 11.9. The van der Waals surface area contributed by atoms with Crippen LogP contribution in [0.15, 0.2) is 0 Å². The average Bonchev–Trinajstić information content (AvgIpc) is 2.26. The van der Waals surface area contributed by atoms with Gasteiger partial charge in [-0.05, 0) is 33.6 Å². The van der Waals surface area contributed by atoms with Gasteiger partial charge in [0.25, 0.3) is 0 Å². The molecule has 4 nitrogen and oxygen atoms in total. The number of nitrogens with one attached hydrogen (secondary N) is 2. The molecule has 1 amide bonds. The van der Waals surface area contributed by atoms with Gasteiger partial charge in [0.2, 0.25) is 5.91 Å². The standard InChI is InChI=1S/C13H28N2O2S/c1-6-7-10(2)15-13(16)12(4)14-11(3)8-9-18(5)17/h10-12,14H,6-9H2,1-5H3,(H,15,16). The maximum absolute atomic E-state index is 11.9. The lowest BCUT2D eigenvalue weighted by atomic mass is 10.1. The van der Waals surface area contributed by atoms with Gasteiger partial charge in [-0.25, -0.2) is 0 Å². The van der Waals surface area contributed by atoms with Gasteiger partial charge < -0.3 is 10.6 Å². The van der Waals surface area contributed by atoms with E-state index in [1.807, 2.05) is 20.8 Å². The second-order valence-corrected chi connectivity index (χ2v) is 6.61. The highest BCUT2D eigenvalue weighted by Crippen LogP contribution is 1.98. The summed E-state index contributed by atoms with van der Waals surface area (Å²) in [6.07, 6.45) is 4.60. The summed E-state index contributed by atoms with van der Waals surface area (Å²) < 4.78 is 11.0. The molecule has 4 atom stereocenters. The molecule has 0 radical (unpaired) electrons. The highest BCUT2D eigenvalue weighted by molar-refractivity contribution is 7.84. The first kappa shape index (κ1) is 17.6. The molecule has 0 aliphatic rings. The minimum Gasteiger partial charge on any atom is -0.352 e. The van der Waals surface area contributed by atoms with E-state index in [2.05, 4.69) is 17.6 Å². The van der Waals surface area contributed by atoms with Crippen LogP contribution in [0, 0.1) is 0 Å². The number of hydrogen-bond donors (Lipinski definition) is 2. The third-order valence-corrected chi connectivity index (χ3v) is 3.69.